The van der Waals surface area contributed by atoms with Crippen LogP contribution in [0.3, 0.4) is 0 Å². The summed E-state index contributed by atoms with van der Waals surface area (Å²) >= 11 is 0. The zero-order valence-electron chi connectivity index (χ0n) is 17.8. The van der Waals surface area contributed by atoms with Crippen molar-refractivity contribution < 1.29 is 156 Å². The van der Waals surface area contributed by atoms with E-state index < -0.39 is 16.4 Å². The van der Waals surface area contributed by atoms with Crippen molar-refractivity contribution >= 4 is 16.4 Å². The van der Waals surface area contributed by atoms with Crippen LogP contribution in [-0.2, 0) is 10.4 Å². The number of para-hydroxylation sites is 1. The molecule has 0 spiro atoms. The van der Waals surface area contributed by atoms with E-state index in [1.807, 2.05) is 0 Å². The first-order valence-corrected chi connectivity index (χ1v) is 6.14. The summed E-state index contributed by atoms with van der Waals surface area (Å²) in [6.07, 6.45) is 0. The van der Waals surface area contributed by atoms with Crippen LogP contribution in [0.15, 0.2) is 24.3 Å². The maximum absolute atomic E-state index is 10.3. The van der Waals surface area contributed by atoms with Crippen molar-refractivity contribution in [1.82, 2.24) is 0 Å². The number of hydrogen-bond acceptors (Lipinski definition) is 6. The SMILES string of the molecule is NCCN.O=C(O)c1ccccc1O.O=S(=O)(O)O.[H-].[H-].[H-].[H-].[Na+].[Na+].[Na+].[Na+]. The molecule has 23 heavy (non-hydrogen) atoms. The number of carbonyl (C=O) groups is 1. The van der Waals surface area contributed by atoms with E-state index in [-0.39, 0.29) is 135 Å². The molecule has 0 unspecified atom stereocenters. The van der Waals surface area contributed by atoms with E-state index in [9.17, 15) is 4.79 Å². The molecule has 0 fully saturated rings. The zero-order valence-corrected chi connectivity index (χ0v) is 22.6. The van der Waals surface area contributed by atoms with Gasteiger partial charge in [-0.05, 0) is 12.1 Å². The third-order valence-corrected chi connectivity index (χ3v) is 1.30. The molecule has 1 aromatic carbocycles. The minimum absolute atomic E-state index is 0. The molecule has 0 bridgehead atoms. The Morgan fingerprint density at radius 1 is 1.00 bits per heavy atom. The van der Waals surface area contributed by atoms with Crippen LogP contribution < -0.4 is 130 Å². The van der Waals surface area contributed by atoms with Crippen LogP contribution in [0.25, 0.3) is 0 Å². The molecule has 0 aliphatic rings. The molecular formula is C9H20N2Na4O7S. The Labute approximate surface area is 229 Å². The molecule has 8 N–H and O–H groups in total. The van der Waals surface area contributed by atoms with Gasteiger partial charge in [0.2, 0.25) is 0 Å². The van der Waals surface area contributed by atoms with Crippen molar-refractivity contribution in [2.24, 2.45) is 11.5 Å². The maximum Gasteiger partial charge on any atom is 1.00 e. The molecule has 0 aliphatic carbocycles. The molecule has 0 aliphatic heterocycles. The fourth-order valence-corrected chi connectivity index (χ4v) is 0.654. The molecule has 0 heterocycles. The van der Waals surface area contributed by atoms with Crippen molar-refractivity contribution in [2.45, 2.75) is 0 Å². The molecule has 0 saturated heterocycles. The van der Waals surface area contributed by atoms with E-state index in [4.69, 9.17) is 39.2 Å². The smallest absolute Gasteiger partial charge is 1.00 e. The van der Waals surface area contributed by atoms with Crippen LogP contribution >= 0.6 is 0 Å². The molecule has 118 valence electrons. The standard InChI is InChI=1S/C7H6O3.C2H8N2.4Na.H2O4S.4H/c8-6-4-2-1-3-5(6)7(9)10;3-1-2-4;;;;;1-5(2,3)4;;;;/h1-4,8H,(H,9,10);1-4H2;;;;;(H2,1,2,3,4);;;;/q;;4*+1;;4*-1. The first-order chi connectivity index (χ1) is 8.63. The minimum atomic E-state index is -4.67. The summed E-state index contributed by atoms with van der Waals surface area (Å²) in [5, 5.41) is 17.3. The number of hydrogen-bond donors (Lipinski definition) is 6. The van der Waals surface area contributed by atoms with Gasteiger partial charge in [-0.2, -0.15) is 8.42 Å². The minimum Gasteiger partial charge on any atom is -1.00 e. The van der Waals surface area contributed by atoms with E-state index >= 15 is 0 Å². The van der Waals surface area contributed by atoms with E-state index in [0.29, 0.717) is 13.1 Å². The van der Waals surface area contributed by atoms with Crippen molar-refractivity contribution in [3.8, 4) is 5.75 Å². The second-order valence-corrected chi connectivity index (χ2v) is 3.74. The molecule has 0 saturated carbocycles. The summed E-state index contributed by atoms with van der Waals surface area (Å²) in [5.41, 5.74) is 9.74. The summed E-state index contributed by atoms with van der Waals surface area (Å²) in [5.74, 6) is -1.31. The van der Waals surface area contributed by atoms with Gasteiger partial charge in [-0.15, -0.1) is 0 Å². The monoisotopic (exact) mass is 392 g/mol. The fraction of sp³-hybridized carbons (Fsp3) is 0.222. The van der Waals surface area contributed by atoms with Crippen molar-refractivity contribution in [2.75, 3.05) is 13.1 Å². The van der Waals surface area contributed by atoms with Gasteiger partial charge in [0.15, 0.2) is 0 Å². The van der Waals surface area contributed by atoms with E-state index in [2.05, 4.69) is 0 Å². The van der Waals surface area contributed by atoms with Gasteiger partial charge in [0.25, 0.3) is 0 Å². The molecule has 0 amide bonds. The van der Waals surface area contributed by atoms with Gasteiger partial charge in [-0.25, -0.2) is 4.79 Å². The Morgan fingerprint density at radius 2 is 1.30 bits per heavy atom. The third-order valence-electron chi connectivity index (χ3n) is 1.30. The summed E-state index contributed by atoms with van der Waals surface area (Å²) < 4.78 is 31.6. The number of aromatic hydroxyl groups is 1. The summed E-state index contributed by atoms with van der Waals surface area (Å²) in [6.45, 7) is 1.19. The normalized spacial score (nSPS) is 7.83. The van der Waals surface area contributed by atoms with Crippen LogP contribution in [0.2, 0.25) is 0 Å². The maximum atomic E-state index is 10.3. The summed E-state index contributed by atoms with van der Waals surface area (Å²) in [7, 11) is -4.67. The Bertz CT molecular complexity index is 497. The van der Waals surface area contributed by atoms with Gasteiger partial charge >= 0.3 is 135 Å². The first-order valence-electron chi connectivity index (χ1n) is 4.74. The van der Waals surface area contributed by atoms with Crippen molar-refractivity contribution in [1.29, 1.82) is 0 Å². The number of phenols is 1. The second-order valence-electron chi connectivity index (χ2n) is 2.85. The number of rotatable bonds is 2. The van der Waals surface area contributed by atoms with Gasteiger partial charge < -0.3 is 27.4 Å². The molecule has 1 aromatic rings. The Balaban J connectivity index is -0.0000000191. The average molecular weight is 392 g/mol. The predicted octanol–water partition coefficient (Wildman–Crippen LogP) is -12.2. The zero-order chi connectivity index (χ0) is 15.5. The molecule has 0 atom stereocenters. The largest absolute Gasteiger partial charge is 1.00 e. The topological polar surface area (TPSA) is 184 Å². The molecule has 0 aromatic heterocycles. The van der Waals surface area contributed by atoms with Gasteiger partial charge in [0.05, 0.1) is 0 Å². The van der Waals surface area contributed by atoms with Crippen LogP contribution in [0.1, 0.15) is 16.1 Å². The summed E-state index contributed by atoms with van der Waals surface area (Å²) in [6, 6.07) is 5.81. The van der Waals surface area contributed by atoms with Gasteiger partial charge in [-0.3, -0.25) is 9.11 Å². The average Bonchev–Trinajstić information content (AvgIpc) is 2.27. The van der Waals surface area contributed by atoms with Crippen molar-refractivity contribution in [3.05, 3.63) is 29.8 Å². The van der Waals surface area contributed by atoms with E-state index in [1.165, 1.54) is 12.1 Å². The van der Waals surface area contributed by atoms with Gasteiger partial charge in [0.1, 0.15) is 11.3 Å². The number of carboxylic acids is 1. The quantitative estimate of drug-likeness (QED) is 0.210. The molecule has 1 rings (SSSR count). The first kappa shape index (κ1) is 40.1. The predicted molar refractivity (Wildman–Crippen MR) is 71.8 cm³/mol. The number of carboxylic acid groups (broad SMARTS) is 1. The second kappa shape index (κ2) is 24.3. The van der Waals surface area contributed by atoms with Gasteiger partial charge in [-0.1, -0.05) is 12.1 Å². The van der Waals surface area contributed by atoms with Crippen LogP contribution in [0.5, 0.6) is 5.75 Å². The third kappa shape index (κ3) is 36.1. The molecular weight excluding hydrogens is 372 g/mol. The fourth-order valence-electron chi connectivity index (χ4n) is 0.654. The Kier molecular flexibility index (Phi) is 42.3. The molecule has 9 nitrogen and oxygen atoms in total. The van der Waals surface area contributed by atoms with E-state index in [0.717, 1.165) is 0 Å². The van der Waals surface area contributed by atoms with Crippen LogP contribution in [0, 0.1) is 0 Å². The molecule has 14 heteroatoms. The Hall–Kier alpha value is 2.28. The Morgan fingerprint density at radius 3 is 1.48 bits per heavy atom. The molecule has 0 radical (unpaired) electrons. The number of aromatic carboxylic acids is 1. The van der Waals surface area contributed by atoms with Gasteiger partial charge in [0, 0.05) is 13.1 Å². The number of benzene rings is 1. The number of nitrogens with two attached hydrogens (primary N) is 2. The summed E-state index contributed by atoms with van der Waals surface area (Å²) in [4.78, 5) is 10.3. The van der Waals surface area contributed by atoms with E-state index in [1.54, 1.807) is 12.1 Å². The van der Waals surface area contributed by atoms with Crippen molar-refractivity contribution in [3.63, 3.8) is 0 Å². The van der Waals surface area contributed by atoms with Crippen LogP contribution in [0.4, 0.5) is 0 Å². The van der Waals surface area contributed by atoms with Crippen LogP contribution in [-0.4, -0.2) is 46.8 Å².